The zero-order chi connectivity index (χ0) is 14.7. The second kappa shape index (κ2) is 5.52. The summed E-state index contributed by atoms with van der Waals surface area (Å²) in [5.41, 5.74) is 1.57. The summed E-state index contributed by atoms with van der Waals surface area (Å²) in [7, 11) is 0. The van der Waals surface area contributed by atoms with Crippen molar-refractivity contribution in [2.75, 3.05) is 5.32 Å². The average Bonchev–Trinajstić information content (AvgIpc) is 2.38. The predicted octanol–water partition coefficient (Wildman–Crippen LogP) is -1.39. The van der Waals surface area contributed by atoms with Crippen molar-refractivity contribution >= 4 is 28.7 Å². The third-order valence-electron chi connectivity index (χ3n) is 2.76. The van der Waals surface area contributed by atoms with Crippen LogP contribution in [-0.4, -0.2) is 27.9 Å². The van der Waals surface area contributed by atoms with Gasteiger partial charge in [-0.15, -0.1) is 0 Å². The first kappa shape index (κ1) is 13.7. The number of aliphatic carboxylic acids is 2. The lowest BCUT2D eigenvalue weighted by Crippen LogP contribution is -2.44. The van der Waals surface area contributed by atoms with Crippen molar-refractivity contribution in [1.29, 1.82) is 0 Å². The van der Waals surface area contributed by atoms with Crippen molar-refractivity contribution in [3.05, 3.63) is 30.1 Å². The quantitative estimate of drug-likeness (QED) is 0.712. The number of fused-ring (bicyclic) bond motifs is 1. The van der Waals surface area contributed by atoms with Gasteiger partial charge in [0.1, 0.15) is 12.1 Å². The summed E-state index contributed by atoms with van der Waals surface area (Å²) in [5.74, 6) is -2.77. The molecule has 0 spiro atoms. The Bertz CT molecular complexity index is 672. The Hall–Kier alpha value is -2.70. The third-order valence-corrected chi connectivity index (χ3v) is 2.76. The SMILES string of the molecule is Cc1ccc2ncnc(N[C@H](CC(=O)[O-])C(=O)[O-])c2c1. The maximum atomic E-state index is 10.9. The normalized spacial score (nSPS) is 12.1. The maximum absolute atomic E-state index is 10.9. The monoisotopic (exact) mass is 273 g/mol. The fraction of sp³-hybridized carbons (Fsp3) is 0.231. The summed E-state index contributed by atoms with van der Waals surface area (Å²) in [6.45, 7) is 1.87. The molecule has 7 heteroatoms. The molecule has 0 amide bonds. The summed E-state index contributed by atoms with van der Waals surface area (Å²) in [6, 6.07) is 3.99. The van der Waals surface area contributed by atoms with E-state index in [-0.39, 0.29) is 5.82 Å². The molecule has 0 saturated carbocycles. The van der Waals surface area contributed by atoms with E-state index < -0.39 is 24.4 Å². The van der Waals surface area contributed by atoms with Gasteiger partial charge in [0.2, 0.25) is 0 Å². The number of nitrogens with zero attached hydrogens (tertiary/aromatic N) is 2. The fourth-order valence-corrected chi connectivity index (χ4v) is 1.81. The van der Waals surface area contributed by atoms with Gasteiger partial charge in [-0.1, -0.05) is 11.6 Å². The number of nitrogens with one attached hydrogen (secondary N) is 1. The van der Waals surface area contributed by atoms with Gasteiger partial charge in [0.05, 0.1) is 17.5 Å². The largest absolute Gasteiger partial charge is 0.550 e. The van der Waals surface area contributed by atoms with Gasteiger partial charge in [0.15, 0.2) is 0 Å². The van der Waals surface area contributed by atoms with Crippen LogP contribution < -0.4 is 15.5 Å². The van der Waals surface area contributed by atoms with Crippen LogP contribution in [-0.2, 0) is 9.59 Å². The van der Waals surface area contributed by atoms with Crippen LogP contribution in [0.4, 0.5) is 5.82 Å². The lowest BCUT2D eigenvalue weighted by molar-refractivity contribution is -0.316. The van der Waals surface area contributed by atoms with E-state index in [1.54, 1.807) is 12.1 Å². The van der Waals surface area contributed by atoms with Gasteiger partial charge < -0.3 is 25.1 Å². The second-order valence-corrected chi connectivity index (χ2v) is 4.33. The minimum Gasteiger partial charge on any atom is -0.550 e. The van der Waals surface area contributed by atoms with Crippen LogP contribution in [0.1, 0.15) is 12.0 Å². The van der Waals surface area contributed by atoms with Crippen molar-refractivity contribution < 1.29 is 19.8 Å². The van der Waals surface area contributed by atoms with E-state index in [0.29, 0.717) is 10.9 Å². The molecule has 0 aliphatic heterocycles. The Balaban J connectivity index is 2.39. The molecule has 0 aliphatic carbocycles. The van der Waals surface area contributed by atoms with Crippen molar-refractivity contribution in [1.82, 2.24) is 9.97 Å². The zero-order valence-electron chi connectivity index (χ0n) is 10.6. The number of aromatic nitrogens is 2. The van der Waals surface area contributed by atoms with Gasteiger partial charge in [-0.25, -0.2) is 9.97 Å². The molecular weight excluding hydrogens is 262 g/mol. The summed E-state index contributed by atoms with van der Waals surface area (Å²) in [5, 5.41) is 24.6. The summed E-state index contributed by atoms with van der Waals surface area (Å²) >= 11 is 0. The highest BCUT2D eigenvalue weighted by atomic mass is 16.4. The van der Waals surface area contributed by atoms with Gasteiger partial charge >= 0.3 is 0 Å². The van der Waals surface area contributed by atoms with Crippen LogP contribution in [0, 0.1) is 6.92 Å². The topological polar surface area (TPSA) is 118 Å². The molecule has 1 aromatic heterocycles. The van der Waals surface area contributed by atoms with E-state index in [1.165, 1.54) is 6.33 Å². The number of carbonyl (C=O) groups is 2. The van der Waals surface area contributed by atoms with Crippen LogP contribution in [0.5, 0.6) is 0 Å². The number of aryl methyl sites for hydroxylation is 1. The lowest BCUT2D eigenvalue weighted by Gasteiger charge is -2.21. The summed E-state index contributed by atoms with van der Waals surface area (Å²) in [6.07, 6.45) is 0.561. The van der Waals surface area contributed by atoms with Crippen LogP contribution in [0.3, 0.4) is 0 Å². The van der Waals surface area contributed by atoms with E-state index >= 15 is 0 Å². The molecule has 1 atom stereocenters. The van der Waals surface area contributed by atoms with E-state index in [4.69, 9.17) is 0 Å². The predicted molar refractivity (Wildman–Crippen MR) is 66.3 cm³/mol. The first-order chi connectivity index (χ1) is 9.47. The smallest absolute Gasteiger partial charge is 0.137 e. The van der Waals surface area contributed by atoms with E-state index in [2.05, 4.69) is 15.3 Å². The molecule has 0 aliphatic rings. The lowest BCUT2D eigenvalue weighted by atomic mass is 10.1. The Morgan fingerprint density at radius 2 is 2.05 bits per heavy atom. The standard InChI is InChI=1S/C13H13N3O4/c1-7-2-3-9-8(4-7)12(15-6-14-9)16-10(13(19)20)5-11(17)18/h2-4,6,10H,5H2,1H3,(H,17,18)(H,19,20)(H,14,15,16)/p-2/t10-/m1/s1. The second-order valence-electron chi connectivity index (χ2n) is 4.33. The number of carboxylic acid groups (broad SMARTS) is 2. The average molecular weight is 273 g/mol. The molecule has 2 aromatic rings. The highest BCUT2D eigenvalue weighted by Crippen LogP contribution is 2.21. The van der Waals surface area contributed by atoms with Crippen molar-refractivity contribution in [2.45, 2.75) is 19.4 Å². The highest BCUT2D eigenvalue weighted by Gasteiger charge is 2.13. The van der Waals surface area contributed by atoms with Crippen LogP contribution in [0.2, 0.25) is 0 Å². The molecular formula is C13H11N3O4-2. The van der Waals surface area contributed by atoms with Crippen LogP contribution in [0.25, 0.3) is 10.9 Å². The number of benzene rings is 1. The van der Waals surface area contributed by atoms with Crippen LogP contribution >= 0.6 is 0 Å². The van der Waals surface area contributed by atoms with E-state index in [0.717, 1.165) is 5.56 Å². The Morgan fingerprint density at radius 1 is 1.30 bits per heavy atom. The number of hydrogen-bond acceptors (Lipinski definition) is 7. The highest BCUT2D eigenvalue weighted by molar-refractivity contribution is 5.91. The molecule has 0 unspecified atom stereocenters. The molecule has 1 aromatic carbocycles. The van der Waals surface area contributed by atoms with Crippen molar-refractivity contribution in [2.24, 2.45) is 0 Å². The summed E-state index contributed by atoms with van der Waals surface area (Å²) < 4.78 is 0. The molecule has 20 heavy (non-hydrogen) atoms. The van der Waals surface area contributed by atoms with Crippen molar-refractivity contribution in [3.63, 3.8) is 0 Å². The summed E-state index contributed by atoms with van der Waals surface area (Å²) in [4.78, 5) is 29.5. The van der Waals surface area contributed by atoms with Gasteiger partial charge in [0, 0.05) is 17.8 Å². The first-order valence-corrected chi connectivity index (χ1v) is 5.86. The molecule has 7 nitrogen and oxygen atoms in total. The van der Waals surface area contributed by atoms with Crippen LogP contribution in [0.15, 0.2) is 24.5 Å². The molecule has 0 saturated heterocycles. The maximum Gasteiger partial charge on any atom is 0.137 e. The Kier molecular flexibility index (Phi) is 3.79. The Morgan fingerprint density at radius 3 is 2.70 bits per heavy atom. The van der Waals surface area contributed by atoms with Gasteiger partial charge in [-0.2, -0.15) is 0 Å². The van der Waals surface area contributed by atoms with E-state index in [9.17, 15) is 19.8 Å². The zero-order valence-corrected chi connectivity index (χ0v) is 10.6. The number of carbonyl (C=O) groups excluding carboxylic acids is 2. The molecule has 1 N–H and O–H groups in total. The van der Waals surface area contributed by atoms with Gasteiger partial charge in [0.25, 0.3) is 0 Å². The fourth-order valence-electron chi connectivity index (χ4n) is 1.81. The molecule has 1 heterocycles. The molecule has 0 bridgehead atoms. The minimum absolute atomic E-state index is 0.245. The number of hydrogen-bond donors (Lipinski definition) is 1. The number of anilines is 1. The molecule has 104 valence electrons. The molecule has 0 radical (unpaired) electrons. The van der Waals surface area contributed by atoms with Gasteiger partial charge in [-0.05, 0) is 19.1 Å². The third kappa shape index (κ3) is 3.00. The number of carboxylic acids is 2. The first-order valence-electron chi connectivity index (χ1n) is 5.86. The number of rotatable bonds is 5. The van der Waals surface area contributed by atoms with Gasteiger partial charge in [-0.3, -0.25) is 0 Å². The Labute approximate surface area is 114 Å². The molecule has 2 rings (SSSR count). The minimum atomic E-state index is -1.53. The van der Waals surface area contributed by atoms with E-state index in [1.807, 2.05) is 13.0 Å². The van der Waals surface area contributed by atoms with Crippen molar-refractivity contribution in [3.8, 4) is 0 Å². The molecule has 0 fully saturated rings.